The van der Waals surface area contributed by atoms with Gasteiger partial charge in [-0.15, -0.1) is 22.7 Å². The molecule has 0 radical (unpaired) electrons. The number of nitrogens with zero attached hydrogens (tertiary/aromatic N) is 1. The highest BCUT2D eigenvalue weighted by Crippen LogP contribution is 2.30. The van der Waals surface area contributed by atoms with E-state index in [1.807, 2.05) is 13.8 Å². The molecular formula is C16H15ClN2O3S3. The van der Waals surface area contributed by atoms with Crippen molar-refractivity contribution >= 4 is 65.9 Å². The van der Waals surface area contributed by atoms with Crippen LogP contribution in [0.3, 0.4) is 0 Å². The minimum atomic E-state index is -3.39. The Morgan fingerprint density at radius 1 is 1.24 bits per heavy atom. The van der Waals surface area contributed by atoms with Gasteiger partial charge in [-0.3, -0.25) is 4.79 Å². The summed E-state index contributed by atoms with van der Waals surface area (Å²) in [4.78, 5) is 16.9. The van der Waals surface area contributed by atoms with E-state index in [1.54, 1.807) is 30.3 Å². The molecular weight excluding hydrogens is 400 g/mol. The van der Waals surface area contributed by atoms with Gasteiger partial charge in [0.2, 0.25) is 14.2 Å². The predicted octanol–water partition coefficient (Wildman–Crippen LogP) is 4.69. The molecule has 0 aliphatic carbocycles. The molecule has 2 aromatic heterocycles. The molecule has 1 amide bonds. The van der Waals surface area contributed by atoms with Gasteiger partial charge in [-0.25, -0.2) is 13.4 Å². The van der Waals surface area contributed by atoms with Crippen molar-refractivity contribution in [3.63, 3.8) is 0 Å². The number of hydrogen-bond acceptors (Lipinski definition) is 6. The lowest BCUT2D eigenvalue weighted by Gasteiger charge is -2.02. The molecule has 25 heavy (non-hydrogen) atoms. The van der Waals surface area contributed by atoms with Crippen LogP contribution in [0, 0.1) is 5.92 Å². The molecule has 0 atom stereocenters. The first-order valence-electron chi connectivity index (χ1n) is 7.44. The Bertz CT molecular complexity index is 1040. The van der Waals surface area contributed by atoms with Crippen LogP contribution in [0.4, 0.5) is 5.69 Å². The second kappa shape index (κ2) is 7.03. The van der Waals surface area contributed by atoms with Crippen molar-refractivity contribution in [2.45, 2.75) is 18.2 Å². The summed E-state index contributed by atoms with van der Waals surface area (Å²) in [5.74, 6) is -0.159. The minimum Gasteiger partial charge on any atom is -0.321 e. The number of aromatic nitrogens is 1. The van der Waals surface area contributed by atoms with Crippen molar-refractivity contribution < 1.29 is 13.2 Å². The third-order valence-corrected chi connectivity index (χ3v) is 8.03. The van der Waals surface area contributed by atoms with Crippen molar-refractivity contribution in [2.24, 2.45) is 5.92 Å². The predicted molar refractivity (Wildman–Crippen MR) is 104 cm³/mol. The summed E-state index contributed by atoms with van der Waals surface area (Å²) in [5.41, 5.74) is 1.18. The van der Waals surface area contributed by atoms with Crippen LogP contribution in [-0.4, -0.2) is 25.1 Å². The fourth-order valence-electron chi connectivity index (χ4n) is 2.25. The molecule has 132 valence electrons. The Morgan fingerprint density at radius 3 is 2.64 bits per heavy atom. The van der Waals surface area contributed by atoms with E-state index in [9.17, 15) is 13.2 Å². The molecule has 0 saturated carbocycles. The summed E-state index contributed by atoms with van der Waals surface area (Å²) in [6.45, 7) is 3.71. The van der Waals surface area contributed by atoms with Gasteiger partial charge in [-0.05, 0) is 36.2 Å². The number of benzene rings is 1. The lowest BCUT2D eigenvalue weighted by molar-refractivity contribution is 0.103. The summed E-state index contributed by atoms with van der Waals surface area (Å²) in [6, 6.07) is 8.46. The number of nitrogens with one attached hydrogen (secondary N) is 1. The third-order valence-electron chi connectivity index (χ3n) is 3.24. The normalized spacial score (nSPS) is 12.0. The standard InChI is InChI=1S/C16H15ClN2O3S3/c1-9(2)8-25(21,22)16-19-11-4-3-10(7-13(11)24-16)18-15(20)12-5-6-14(17)23-12/h3-7,9H,8H2,1-2H3,(H,18,20). The Hall–Kier alpha value is -1.48. The van der Waals surface area contributed by atoms with Crippen LogP contribution in [0.2, 0.25) is 4.34 Å². The van der Waals surface area contributed by atoms with E-state index < -0.39 is 9.84 Å². The lowest BCUT2D eigenvalue weighted by Crippen LogP contribution is -2.11. The van der Waals surface area contributed by atoms with E-state index >= 15 is 0 Å². The van der Waals surface area contributed by atoms with Crippen molar-refractivity contribution in [1.82, 2.24) is 4.98 Å². The Labute approximate surface area is 158 Å². The van der Waals surface area contributed by atoms with Crippen molar-refractivity contribution in [3.8, 4) is 0 Å². The highest BCUT2D eigenvalue weighted by Gasteiger charge is 2.21. The minimum absolute atomic E-state index is 0.0319. The quantitative estimate of drug-likeness (QED) is 0.656. The molecule has 3 aromatic rings. The highest BCUT2D eigenvalue weighted by atomic mass is 35.5. The Kier molecular flexibility index (Phi) is 5.15. The van der Waals surface area contributed by atoms with Gasteiger partial charge >= 0.3 is 0 Å². The highest BCUT2D eigenvalue weighted by molar-refractivity contribution is 7.93. The van der Waals surface area contributed by atoms with Gasteiger partial charge < -0.3 is 5.32 Å². The van der Waals surface area contributed by atoms with Crippen LogP contribution in [0.15, 0.2) is 34.7 Å². The number of thiazole rings is 1. The van der Waals surface area contributed by atoms with Crippen LogP contribution in [0.25, 0.3) is 10.2 Å². The number of rotatable bonds is 5. The van der Waals surface area contributed by atoms with Crippen LogP contribution in [0.5, 0.6) is 0 Å². The summed E-state index contributed by atoms with van der Waals surface area (Å²) >= 11 is 8.16. The molecule has 1 N–H and O–H groups in total. The first-order valence-corrected chi connectivity index (χ1v) is 11.1. The maximum Gasteiger partial charge on any atom is 0.265 e. The average molecular weight is 415 g/mol. The molecule has 0 unspecified atom stereocenters. The molecule has 0 saturated heterocycles. The van der Waals surface area contributed by atoms with Crippen molar-refractivity contribution in [1.29, 1.82) is 0 Å². The van der Waals surface area contributed by atoms with Crippen LogP contribution in [0.1, 0.15) is 23.5 Å². The number of fused-ring (bicyclic) bond motifs is 1. The third kappa shape index (κ3) is 4.20. The molecule has 0 aliphatic heterocycles. The van der Waals surface area contributed by atoms with Crippen LogP contribution in [-0.2, 0) is 9.84 Å². The number of hydrogen-bond donors (Lipinski definition) is 1. The summed E-state index contributed by atoms with van der Waals surface area (Å²) < 4.78 is 26.0. The van der Waals surface area contributed by atoms with Crippen LogP contribution >= 0.6 is 34.3 Å². The number of carbonyl (C=O) groups excluding carboxylic acids is 1. The topological polar surface area (TPSA) is 76.1 Å². The van der Waals surface area contributed by atoms with E-state index in [0.717, 1.165) is 11.3 Å². The zero-order valence-corrected chi connectivity index (χ0v) is 16.7. The van der Waals surface area contributed by atoms with E-state index in [0.29, 0.717) is 25.1 Å². The lowest BCUT2D eigenvalue weighted by atomic mass is 10.3. The van der Waals surface area contributed by atoms with E-state index in [-0.39, 0.29) is 21.9 Å². The fraction of sp³-hybridized carbons (Fsp3) is 0.250. The molecule has 5 nitrogen and oxygen atoms in total. The Morgan fingerprint density at radius 2 is 2.00 bits per heavy atom. The van der Waals surface area contributed by atoms with Gasteiger partial charge in [0.1, 0.15) is 0 Å². The zero-order valence-electron chi connectivity index (χ0n) is 13.4. The molecule has 1 aromatic carbocycles. The second-order valence-corrected chi connectivity index (χ2v) is 10.8. The summed E-state index contributed by atoms with van der Waals surface area (Å²) in [5, 5.41) is 2.79. The smallest absolute Gasteiger partial charge is 0.265 e. The maximum atomic E-state index is 12.3. The SMILES string of the molecule is CC(C)CS(=O)(=O)c1nc2ccc(NC(=O)c3ccc(Cl)s3)cc2s1. The van der Waals surface area contributed by atoms with Gasteiger partial charge in [-0.1, -0.05) is 25.4 Å². The molecule has 2 heterocycles. The number of amides is 1. The number of carbonyl (C=O) groups is 1. The van der Waals surface area contributed by atoms with Crippen molar-refractivity contribution in [3.05, 3.63) is 39.5 Å². The summed E-state index contributed by atoms with van der Waals surface area (Å²) in [7, 11) is -3.39. The first-order chi connectivity index (χ1) is 11.7. The Balaban J connectivity index is 1.86. The largest absolute Gasteiger partial charge is 0.321 e. The van der Waals surface area contributed by atoms with E-state index in [2.05, 4.69) is 10.3 Å². The van der Waals surface area contributed by atoms with Gasteiger partial charge in [0, 0.05) is 5.69 Å². The van der Waals surface area contributed by atoms with E-state index in [4.69, 9.17) is 11.6 Å². The van der Waals surface area contributed by atoms with Crippen molar-refractivity contribution in [2.75, 3.05) is 11.1 Å². The molecule has 3 rings (SSSR count). The number of thiophene rings is 1. The maximum absolute atomic E-state index is 12.3. The number of anilines is 1. The molecule has 0 aliphatic rings. The van der Waals surface area contributed by atoms with Gasteiger partial charge in [0.25, 0.3) is 5.91 Å². The van der Waals surface area contributed by atoms with Gasteiger partial charge in [0.15, 0.2) is 0 Å². The van der Waals surface area contributed by atoms with Gasteiger partial charge in [0.05, 0.1) is 25.2 Å². The molecule has 9 heteroatoms. The number of sulfone groups is 1. The first kappa shape index (κ1) is 18.3. The van der Waals surface area contributed by atoms with E-state index in [1.165, 1.54) is 11.3 Å². The zero-order chi connectivity index (χ0) is 18.2. The molecule has 0 spiro atoms. The fourth-order valence-corrected chi connectivity index (χ4v) is 6.17. The summed E-state index contributed by atoms with van der Waals surface area (Å²) in [6.07, 6.45) is 0. The molecule has 0 bridgehead atoms. The molecule has 0 fully saturated rings. The monoisotopic (exact) mass is 414 g/mol. The van der Waals surface area contributed by atoms with Crippen LogP contribution < -0.4 is 5.32 Å². The second-order valence-electron chi connectivity index (χ2n) is 5.90. The number of halogens is 1. The average Bonchev–Trinajstić information content (AvgIpc) is 3.12. The van der Waals surface area contributed by atoms with Gasteiger partial charge in [-0.2, -0.15) is 0 Å².